The average molecular weight is 335 g/mol. The number of nitrogens with two attached hydrogens (primary N) is 1. The van der Waals surface area contributed by atoms with Crippen LogP contribution < -0.4 is 11.1 Å². The van der Waals surface area contributed by atoms with Crippen LogP contribution in [0.2, 0.25) is 5.02 Å². The highest BCUT2D eigenvalue weighted by Gasteiger charge is 2.10. The van der Waals surface area contributed by atoms with Crippen molar-refractivity contribution >= 4 is 39.3 Å². The summed E-state index contributed by atoms with van der Waals surface area (Å²) in [6.07, 6.45) is 1.01. The molecule has 0 saturated carbocycles. The molecule has 0 atom stereocenters. The van der Waals surface area contributed by atoms with Crippen molar-refractivity contribution in [2.75, 3.05) is 6.54 Å². The number of hydrogen-bond acceptors (Lipinski definition) is 3. The second kappa shape index (κ2) is 7.23. The number of nitrogens with zero attached hydrogens (tertiary/aromatic N) is 1. The third-order valence-electron chi connectivity index (χ3n) is 2.20. The highest BCUT2D eigenvalue weighted by molar-refractivity contribution is 9.10. The van der Waals surface area contributed by atoms with Gasteiger partial charge in [-0.25, -0.2) is 0 Å². The molecule has 1 rings (SSSR count). The van der Waals surface area contributed by atoms with E-state index in [1.807, 2.05) is 0 Å². The third kappa shape index (κ3) is 4.54. The number of carbonyl (C=O) groups is 1. The number of rotatable bonds is 5. The van der Waals surface area contributed by atoms with E-state index >= 15 is 0 Å². The topological polar surface area (TPSA) is 87.7 Å². The zero-order valence-electron chi connectivity index (χ0n) is 9.49. The Hall–Kier alpha value is -1.27. The molecule has 98 valence electrons. The summed E-state index contributed by atoms with van der Waals surface area (Å²) < 4.78 is 0.786. The largest absolute Gasteiger partial charge is 0.409 e. The highest BCUT2D eigenvalue weighted by Crippen LogP contribution is 2.20. The van der Waals surface area contributed by atoms with Gasteiger partial charge in [0.05, 0.1) is 10.6 Å². The van der Waals surface area contributed by atoms with E-state index in [2.05, 4.69) is 26.4 Å². The molecule has 0 aliphatic heterocycles. The first-order chi connectivity index (χ1) is 8.54. The Kier molecular flexibility index (Phi) is 5.94. The van der Waals surface area contributed by atoms with Gasteiger partial charge in [-0.2, -0.15) is 0 Å². The molecule has 0 aliphatic carbocycles. The second-order valence-electron chi connectivity index (χ2n) is 3.57. The molecule has 0 spiro atoms. The predicted octanol–water partition coefficient (Wildman–Crippen LogP) is 2.36. The number of amides is 1. The molecule has 0 bridgehead atoms. The predicted molar refractivity (Wildman–Crippen MR) is 74.1 cm³/mol. The fourth-order valence-electron chi connectivity index (χ4n) is 1.29. The Bertz CT molecular complexity index is 466. The van der Waals surface area contributed by atoms with Gasteiger partial charge < -0.3 is 16.3 Å². The van der Waals surface area contributed by atoms with E-state index in [4.69, 9.17) is 22.5 Å². The van der Waals surface area contributed by atoms with Crippen LogP contribution in [0.4, 0.5) is 0 Å². The van der Waals surface area contributed by atoms with Crippen LogP contribution >= 0.6 is 27.5 Å². The molecule has 1 aromatic carbocycles. The van der Waals surface area contributed by atoms with Gasteiger partial charge in [-0.1, -0.05) is 32.7 Å². The normalized spacial score (nSPS) is 11.3. The summed E-state index contributed by atoms with van der Waals surface area (Å²) in [5.74, 6) is -0.106. The maximum absolute atomic E-state index is 11.8. The van der Waals surface area contributed by atoms with E-state index in [9.17, 15) is 4.79 Å². The van der Waals surface area contributed by atoms with Gasteiger partial charge in [-0.15, -0.1) is 0 Å². The Morgan fingerprint density at radius 2 is 2.28 bits per heavy atom. The number of halogens is 2. The lowest BCUT2D eigenvalue weighted by Crippen LogP contribution is -2.25. The maximum Gasteiger partial charge on any atom is 0.252 e. The molecule has 0 aliphatic rings. The van der Waals surface area contributed by atoms with Gasteiger partial charge in [0.2, 0.25) is 0 Å². The van der Waals surface area contributed by atoms with E-state index in [1.165, 1.54) is 0 Å². The zero-order valence-corrected chi connectivity index (χ0v) is 11.8. The first kappa shape index (κ1) is 14.8. The van der Waals surface area contributed by atoms with Crippen LogP contribution in [0.5, 0.6) is 0 Å². The van der Waals surface area contributed by atoms with Crippen LogP contribution in [0.3, 0.4) is 0 Å². The van der Waals surface area contributed by atoms with Crippen LogP contribution in [0.15, 0.2) is 27.8 Å². The van der Waals surface area contributed by atoms with Crippen molar-refractivity contribution in [3.63, 3.8) is 0 Å². The monoisotopic (exact) mass is 333 g/mol. The molecule has 1 amide bonds. The molecule has 1 aromatic rings. The molecule has 0 radical (unpaired) electrons. The molecule has 18 heavy (non-hydrogen) atoms. The van der Waals surface area contributed by atoms with Gasteiger partial charge in [0.25, 0.3) is 5.91 Å². The van der Waals surface area contributed by atoms with Crippen molar-refractivity contribution in [1.82, 2.24) is 5.32 Å². The van der Waals surface area contributed by atoms with Crippen LogP contribution in [0, 0.1) is 0 Å². The van der Waals surface area contributed by atoms with E-state index in [0.717, 1.165) is 4.47 Å². The van der Waals surface area contributed by atoms with Gasteiger partial charge in [0, 0.05) is 17.4 Å². The minimum absolute atomic E-state index is 0.143. The summed E-state index contributed by atoms with van der Waals surface area (Å²) in [6, 6.07) is 5.07. The molecule has 0 heterocycles. The van der Waals surface area contributed by atoms with Crippen LogP contribution in [0.25, 0.3) is 0 Å². The Morgan fingerprint density at radius 3 is 2.94 bits per heavy atom. The summed E-state index contributed by atoms with van der Waals surface area (Å²) >= 11 is 9.20. The van der Waals surface area contributed by atoms with E-state index in [1.54, 1.807) is 18.2 Å². The summed E-state index contributed by atoms with van der Waals surface area (Å²) in [6.45, 7) is 0.428. The third-order valence-corrected chi connectivity index (χ3v) is 3.02. The fraction of sp³-hybridized carbons (Fsp3) is 0.273. The van der Waals surface area contributed by atoms with Crippen LogP contribution in [-0.2, 0) is 0 Å². The van der Waals surface area contributed by atoms with Crippen molar-refractivity contribution < 1.29 is 10.0 Å². The maximum atomic E-state index is 11.8. The van der Waals surface area contributed by atoms with Crippen molar-refractivity contribution in [3.05, 3.63) is 33.3 Å². The summed E-state index contributed by atoms with van der Waals surface area (Å²) in [4.78, 5) is 11.8. The van der Waals surface area contributed by atoms with Crippen LogP contribution in [0.1, 0.15) is 23.2 Å². The number of amidine groups is 1. The van der Waals surface area contributed by atoms with E-state index < -0.39 is 0 Å². The quantitative estimate of drug-likeness (QED) is 0.254. The molecular formula is C11H13BrClN3O2. The Labute approximate surface area is 118 Å². The fourth-order valence-corrected chi connectivity index (χ4v) is 1.85. The van der Waals surface area contributed by atoms with Crippen molar-refractivity contribution in [1.29, 1.82) is 0 Å². The lowest BCUT2D eigenvalue weighted by molar-refractivity contribution is 0.0953. The SMILES string of the molecule is NC(CCCNC(=O)c1cc(Br)ccc1Cl)=NO. The average Bonchev–Trinajstić information content (AvgIpc) is 2.36. The van der Waals surface area contributed by atoms with Crippen molar-refractivity contribution in [2.45, 2.75) is 12.8 Å². The smallest absolute Gasteiger partial charge is 0.252 e. The van der Waals surface area contributed by atoms with Crippen molar-refractivity contribution in [2.24, 2.45) is 10.9 Å². The molecule has 4 N–H and O–H groups in total. The number of carbonyl (C=O) groups excluding carboxylic acids is 1. The van der Waals surface area contributed by atoms with Crippen molar-refractivity contribution in [3.8, 4) is 0 Å². The Balaban J connectivity index is 2.48. The molecule has 0 fully saturated rings. The number of benzene rings is 1. The van der Waals surface area contributed by atoms with Gasteiger partial charge in [0.15, 0.2) is 0 Å². The van der Waals surface area contributed by atoms with Crippen LogP contribution in [-0.4, -0.2) is 23.5 Å². The first-order valence-electron chi connectivity index (χ1n) is 5.24. The van der Waals surface area contributed by atoms with Gasteiger partial charge in [0.1, 0.15) is 5.84 Å². The first-order valence-corrected chi connectivity index (χ1v) is 6.41. The molecule has 0 aromatic heterocycles. The number of hydrogen-bond donors (Lipinski definition) is 3. The molecule has 5 nitrogen and oxygen atoms in total. The minimum Gasteiger partial charge on any atom is -0.409 e. The summed E-state index contributed by atoms with van der Waals surface area (Å²) in [5.41, 5.74) is 5.72. The molecule has 7 heteroatoms. The zero-order chi connectivity index (χ0) is 13.5. The molecule has 0 unspecified atom stereocenters. The standard InChI is InChI=1S/C11H13BrClN3O2/c12-7-3-4-9(13)8(6-7)11(17)15-5-1-2-10(14)16-18/h3-4,6,18H,1-2,5H2,(H2,14,16)(H,15,17). The summed E-state index contributed by atoms with van der Waals surface area (Å²) in [7, 11) is 0. The molecular weight excluding hydrogens is 321 g/mol. The number of oxime groups is 1. The van der Waals surface area contributed by atoms with Gasteiger partial charge in [-0.05, 0) is 24.6 Å². The van der Waals surface area contributed by atoms with Gasteiger partial charge >= 0.3 is 0 Å². The lowest BCUT2D eigenvalue weighted by atomic mass is 10.2. The summed E-state index contributed by atoms with van der Waals surface area (Å²) in [5, 5.41) is 14.3. The Morgan fingerprint density at radius 1 is 1.56 bits per heavy atom. The van der Waals surface area contributed by atoms with E-state index in [-0.39, 0.29) is 11.7 Å². The lowest BCUT2D eigenvalue weighted by Gasteiger charge is -2.06. The molecule has 0 saturated heterocycles. The van der Waals surface area contributed by atoms with Gasteiger partial charge in [-0.3, -0.25) is 4.79 Å². The number of nitrogens with one attached hydrogen (secondary N) is 1. The highest BCUT2D eigenvalue weighted by atomic mass is 79.9. The van der Waals surface area contributed by atoms with E-state index in [0.29, 0.717) is 30.0 Å². The second-order valence-corrected chi connectivity index (χ2v) is 4.90. The minimum atomic E-state index is -0.249.